The summed E-state index contributed by atoms with van der Waals surface area (Å²) in [5.41, 5.74) is 0. The van der Waals surface area contributed by atoms with Crippen LogP contribution in [0.1, 0.15) is 0 Å². The highest BCUT2D eigenvalue weighted by Gasteiger charge is 2.40. The van der Waals surface area contributed by atoms with Crippen LogP contribution in [-0.2, 0) is 14.6 Å². The van der Waals surface area contributed by atoms with E-state index in [1.54, 1.807) is 12.1 Å². The molecule has 0 aromatic heterocycles. The average Bonchev–Trinajstić information content (AvgIpc) is 2.60. The molecule has 0 unspecified atom stereocenters. The maximum absolute atomic E-state index is 12.8. The molecule has 6 nitrogen and oxygen atoms in total. The van der Waals surface area contributed by atoms with Gasteiger partial charge in [-0.3, -0.25) is 4.79 Å². The van der Waals surface area contributed by atoms with Gasteiger partial charge in [-0.1, -0.05) is 0 Å². The van der Waals surface area contributed by atoms with Gasteiger partial charge in [0.25, 0.3) is 5.91 Å². The molecule has 0 radical (unpaired) electrons. The van der Waals surface area contributed by atoms with Crippen molar-refractivity contribution in [1.29, 1.82) is 0 Å². The number of sulfone groups is 1. The first-order chi connectivity index (χ1) is 12.4. The molecular formula is C18H18FNO5S. The van der Waals surface area contributed by atoms with Crippen LogP contribution in [0.3, 0.4) is 0 Å². The fourth-order valence-corrected chi connectivity index (χ4v) is 4.22. The number of amides is 1. The molecule has 1 aliphatic rings. The normalized spacial score (nSPS) is 14.6. The molecule has 138 valence electrons. The van der Waals surface area contributed by atoms with Gasteiger partial charge in [0.05, 0.1) is 12.0 Å². The molecule has 3 rings (SSSR count). The van der Waals surface area contributed by atoms with Crippen molar-refractivity contribution < 1.29 is 27.1 Å². The summed E-state index contributed by atoms with van der Waals surface area (Å²) < 4.78 is 48.2. The van der Waals surface area contributed by atoms with Crippen molar-refractivity contribution in [3.8, 4) is 11.5 Å². The molecule has 0 bridgehead atoms. The number of halogens is 1. The fourth-order valence-electron chi connectivity index (χ4n) is 2.56. The number of carbonyl (C=O) groups excluding carboxylic acids is 1. The topological polar surface area (TPSA) is 72.9 Å². The second kappa shape index (κ2) is 7.33. The van der Waals surface area contributed by atoms with Gasteiger partial charge in [-0.05, 0) is 48.5 Å². The van der Waals surface area contributed by atoms with E-state index in [2.05, 4.69) is 0 Å². The number of likely N-dealkylation sites (tertiary alicyclic amines) is 1. The SMILES string of the molecule is COc1ccc(S(=O)(=O)C2CN(C(=O)COc3ccc(F)cc3)C2)cc1. The minimum Gasteiger partial charge on any atom is -0.497 e. The third kappa shape index (κ3) is 3.80. The van der Waals surface area contributed by atoms with Crippen LogP contribution >= 0.6 is 0 Å². The summed E-state index contributed by atoms with van der Waals surface area (Å²) in [5, 5.41) is -0.634. The van der Waals surface area contributed by atoms with Crippen LogP contribution in [-0.4, -0.2) is 51.3 Å². The summed E-state index contributed by atoms with van der Waals surface area (Å²) >= 11 is 0. The van der Waals surface area contributed by atoms with Crippen LogP contribution < -0.4 is 9.47 Å². The Morgan fingerprint density at radius 2 is 1.65 bits per heavy atom. The van der Waals surface area contributed by atoms with Gasteiger partial charge in [-0.25, -0.2) is 12.8 Å². The van der Waals surface area contributed by atoms with Gasteiger partial charge >= 0.3 is 0 Å². The Kier molecular flexibility index (Phi) is 5.13. The van der Waals surface area contributed by atoms with E-state index < -0.39 is 20.9 Å². The third-order valence-electron chi connectivity index (χ3n) is 4.20. The van der Waals surface area contributed by atoms with E-state index >= 15 is 0 Å². The minimum atomic E-state index is -3.50. The Hall–Kier alpha value is -2.61. The van der Waals surface area contributed by atoms with Crippen molar-refractivity contribution in [2.75, 3.05) is 26.8 Å². The summed E-state index contributed by atoms with van der Waals surface area (Å²) in [4.78, 5) is 13.7. The van der Waals surface area contributed by atoms with Crippen LogP contribution in [0, 0.1) is 5.82 Å². The summed E-state index contributed by atoms with van der Waals surface area (Å²) in [6.45, 7) is 0.0287. The van der Waals surface area contributed by atoms with Crippen molar-refractivity contribution in [2.45, 2.75) is 10.1 Å². The third-order valence-corrected chi connectivity index (χ3v) is 6.31. The first kappa shape index (κ1) is 18.2. The monoisotopic (exact) mass is 379 g/mol. The molecule has 26 heavy (non-hydrogen) atoms. The zero-order valence-electron chi connectivity index (χ0n) is 14.1. The minimum absolute atomic E-state index is 0.125. The van der Waals surface area contributed by atoms with E-state index in [4.69, 9.17) is 9.47 Å². The quantitative estimate of drug-likeness (QED) is 0.767. The highest BCUT2D eigenvalue weighted by atomic mass is 32.2. The molecule has 1 amide bonds. The lowest BCUT2D eigenvalue weighted by Gasteiger charge is -2.38. The highest BCUT2D eigenvalue weighted by molar-refractivity contribution is 7.92. The molecule has 0 aliphatic carbocycles. The van der Waals surface area contributed by atoms with Crippen LogP contribution in [0.2, 0.25) is 0 Å². The molecule has 8 heteroatoms. The molecular weight excluding hydrogens is 361 g/mol. The zero-order valence-corrected chi connectivity index (χ0v) is 14.9. The van der Waals surface area contributed by atoms with Crippen LogP contribution in [0.5, 0.6) is 11.5 Å². The van der Waals surface area contributed by atoms with E-state index in [9.17, 15) is 17.6 Å². The molecule has 0 saturated carbocycles. The van der Waals surface area contributed by atoms with Crippen molar-refractivity contribution >= 4 is 15.7 Å². The maximum Gasteiger partial charge on any atom is 0.260 e. The molecule has 1 aliphatic heterocycles. The standard InChI is InChI=1S/C18H18FNO5S/c1-24-14-6-8-16(9-7-14)26(22,23)17-10-20(11-17)18(21)12-25-15-4-2-13(19)3-5-15/h2-9,17H,10-12H2,1H3. The van der Waals surface area contributed by atoms with E-state index in [1.807, 2.05) is 0 Å². The smallest absolute Gasteiger partial charge is 0.260 e. The summed E-state index contributed by atoms with van der Waals surface area (Å²) in [6, 6.07) is 11.5. The molecule has 1 saturated heterocycles. The zero-order chi connectivity index (χ0) is 18.7. The van der Waals surface area contributed by atoms with Gasteiger partial charge in [0.15, 0.2) is 16.4 Å². The molecule has 1 heterocycles. The Balaban J connectivity index is 1.53. The van der Waals surface area contributed by atoms with E-state index in [-0.39, 0.29) is 30.5 Å². The number of hydrogen-bond donors (Lipinski definition) is 0. The van der Waals surface area contributed by atoms with E-state index in [0.717, 1.165) is 0 Å². The molecule has 1 fully saturated rings. The van der Waals surface area contributed by atoms with Gasteiger partial charge in [-0.15, -0.1) is 0 Å². The summed E-state index contributed by atoms with van der Waals surface area (Å²) in [5.74, 6) is 0.253. The Morgan fingerprint density at radius 1 is 1.08 bits per heavy atom. The van der Waals surface area contributed by atoms with Crippen LogP contribution in [0.25, 0.3) is 0 Å². The second-order valence-corrected chi connectivity index (χ2v) is 8.11. The lowest BCUT2D eigenvalue weighted by atomic mass is 10.2. The largest absolute Gasteiger partial charge is 0.497 e. The molecule has 2 aromatic rings. The molecule has 0 spiro atoms. The molecule has 0 atom stereocenters. The van der Waals surface area contributed by atoms with Gasteiger partial charge in [-0.2, -0.15) is 0 Å². The number of carbonyl (C=O) groups is 1. The number of rotatable bonds is 6. The predicted molar refractivity (Wildman–Crippen MR) is 92.4 cm³/mol. The number of ether oxygens (including phenoxy) is 2. The van der Waals surface area contributed by atoms with Crippen LogP contribution in [0.4, 0.5) is 4.39 Å². The maximum atomic E-state index is 12.8. The van der Waals surface area contributed by atoms with Crippen LogP contribution in [0.15, 0.2) is 53.4 Å². The van der Waals surface area contributed by atoms with Gasteiger partial charge in [0.2, 0.25) is 0 Å². The first-order valence-electron chi connectivity index (χ1n) is 7.94. The van der Waals surface area contributed by atoms with Crippen molar-refractivity contribution in [3.05, 3.63) is 54.3 Å². The van der Waals surface area contributed by atoms with Crippen molar-refractivity contribution in [2.24, 2.45) is 0 Å². The Bertz CT molecular complexity index is 875. The molecule has 0 N–H and O–H groups in total. The first-order valence-corrected chi connectivity index (χ1v) is 9.49. The van der Waals surface area contributed by atoms with E-state index in [0.29, 0.717) is 11.5 Å². The summed E-state index contributed by atoms with van der Waals surface area (Å²) in [6.07, 6.45) is 0. The lowest BCUT2D eigenvalue weighted by Crippen LogP contribution is -2.57. The average molecular weight is 379 g/mol. The van der Waals surface area contributed by atoms with E-state index in [1.165, 1.54) is 48.4 Å². The van der Waals surface area contributed by atoms with Gasteiger partial charge < -0.3 is 14.4 Å². The van der Waals surface area contributed by atoms with Gasteiger partial charge in [0.1, 0.15) is 22.6 Å². The second-order valence-electron chi connectivity index (χ2n) is 5.88. The predicted octanol–water partition coefficient (Wildman–Crippen LogP) is 1.90. The molecule has 2 aromatic carbocycles. The fraction of sp³-hybridized carbons (Fsp3) is 0.278. The summed E-state index contributed by atoms with van der Waals surface area (Å²) in [7, 11) is -1.99. The number of nitrogens with zero attached hydrogens (tertiary/aromatic N) is 1. The Labute approximate surface area is 151 Å². The number of hydrogen-bond acceptors (Lipinski definition) is 5. The number of methoxy groups -OCH3 is 1. The lowest BCUT2D eigenvalue weighted by molar-refractivity contribution is -0.136. The van der Waals surface area contributed by atoms with Crippen molar-refractivity contribution in [3.63, 3.8) is 0 Å². The number of benzene rings is 2. The van der Waals surface area contributed by atoms with Gasteiger partial charge in [0, 0.05) is 13.1 Å². The Morgan fingerprint density at radius 3 is 2.23 bits per heavy atom. The van der Waals surface area contributed by atoms with Crippen molar-refractivity contribution in [1.82, 2.24) is 4.90 Å². The highest BCUT2D eigenvalue weighted by Crippen LogP contribution is 2.25.